The fourth-order valence-electron chi connectivity index (χ4n) is 2.20. The number of imide groups is 1. The topological polar surface area (TPSA) is 112 Å². The van der Waals surface area contributed by atoms with Crippen molar-refractivity contribution in [3.05, 3.63) is 17.7 Å². The van der Waals surface area contributed by atoms with Crippen LogP contribution in [0.5, 0.6) is 17.2 Å². The molecule has 0 spiro atoms. The number of hydrogen-bond donors (Lipinski definition) is 2. The van der Waals surface area contributed by atoms with Gasteiger partial charge in [-0.05, 0) is 31.9 Å². The summed E-state index contributed by atoms with van der Waals surface area (Å²) >= 11 is 0. The summed E-state index contributed by atoms with van der Waals surface area (Å²) in [4.78, 5) is 36.0. The Kier molecular flexibility index (Phi) is 6.26. The fraction of sp³-hybridized carbons (Fsp3) is 0.471. The maximum absolute atomic E-state index is 12.4. The van der Waals surface area contributed by atoms with Crippen LogP contribution in [0.15, 0.2) is 12.1 Å². The maximum atomic E-state index is 12.4. The van der Waals surface area contributed by atoms with E-state index in [4.69, 9.17) is 18.9 Å². The van der Waals surface area contributed by atoms with Gasteiger partial charge in [-0.3, -0.25) is 10.1 Å². The largest absolute Gasteiger partial charge is 0.493 e. The van der Waals surface area contributed by atoms with Crippen LogP contribution in [-0.2, 0) is 9.53 Å². The van der Waals surface area contributed by atoms with Crippen molar-refractivity contribution in [2.75, 3.05) is 21.3 Å². The summed E-state index contributed by atoms with van der Waals surface area (Å²) in [5, 5.41) is 4.74. The van der Waals surface area contributed by atoms with E-state index in [-0.39, 0.29) is 23.1 Å². The van der Waals surface area contributed by atoms with Crippen molar-refractivity contribution in [1.29, 1.82) is 0 Å². The van der Waals surface area contributed by atoms with Gasteiger partial charge >= 0.3 is 12.0 Å². The van der Waals surface area contributed by atoms with E-state index in [0.29, 0.717) is 5.75 Å². The Hall–Kier alpha value is -2.97. The normalized spacial score (nSPS) is 14.0. The molecule has 2 N–H and O–H groups in total. The van der Waals surface area contributed by atoms with Crippen molar-refractivity contribution >= 4 is 17.9 Å². The number of esters is 1. The van der Waals surface area contributed by atoms with Crippen LogP contribution in [0.1, 0.15) is 30.1 Å². The van der Waals surface area contributed by atoms with E-state index in [1.807, 2.05) is 0 Å². The summed E-state index contributed by atoms with van der Waals surface area (Å²) in [6.07, 6.45) is 0.612. The Morgan fingerprint density at radius 2 is 1.69 bits per heavy atom. The number of carbonyl (C=O) groups excluding carboxylic acids is 3. The molecule has 1 aliphatic rings. The smallest absolute Gasteiger partial charge is 0.342 e. The van der Waals surface area contributed by atoms with Crippen molar-refractivity contribution in [2.24, 2.45) is 0 Å². The van der Waals surface area contributed by atoms with Crippen molar-refractivity contribution in [1.82, 2.24) is 10.6 Å². The van der Waals surface area contributed by atoms with Crippen LogP contribution in [0.2, 0.25) is 0 Å². The summed E-state index contributed by atoms with van der Waals surface area (Å²) in [5.41, 5.74) is 0.0623. The van der Waals surface area contributed by atoms with Gasteiger partial charge in [0, 0.05) is 6.04 Å². The lowest BCUT2D eigenvalue weighted by molar-refractivity contribution is -0.127. The number of amides is 3. The van der Waals surface area contributed by atoms with Gasteiger partial charge < -0.3 is 24.3 Å². The molecular weight excluding hydrogens is 344 g/mol. The van der Waals surface area contributed by atoms with Crippen LogP contribution < -0.4 is 24.8 Å². The highest BCUT2D eigenvalue weighted by atomic mass is 16.6. The van der Waals surface area contributed by atoms with Gasteiger partial charge in [-0.15, -0.1) is 0 Å². The second-order valence-corrected chi connectivity index (χ2v) is 5.67. The zero-order chi connectivity index (χ0) is 19.3. The molecule has 3 amide bonds. The third kappa shape index (κ3) is 4.56. The van der Waals surface area contributed by atoms with Gasteiger partial charge in [0.25, 0.3) is 5.91 Å². The monoisotopic (exact) mass is 366 g/mol. The molecule has 0 heterocycles. The number of ether oxygens (including phenoxy) is 4. The summed E-state index contributed by atoms with van der Waals surface area (Å²) in [6, 6.07) is 2.46. The number of urea groups is 1. The average Bonchev–Trinajstić information content (AvgIpc) is 3.43. The van der Waals surface area contributed by atoms with Gasteiger partial charge in [-0.25, -0.2) is 9.59 Å². The first-order valence-electron chi connectivity index (χ1n) is 8.02. The SMILES string of the molecule is COc1ccc(C(=O)OC(C)C(=O)NC(=O)NC2CC2)c(OC)c1OC. The Bertz CT molecular complexity index is 701. The molecule has 2 rings (SSSR count). The lowest BCUT2D eigenvalue weighted by Gasteiger charge is -2.17. The molecule has 1 aliphatic carbocycles. The molecule has 142 valence electrons. The molecule has 26 heavy (non-hydrogen) atoms. The molecular formula is C17H22N2O7. The molecule has 1 unspecified atom stereocenters. The first kappa shape index (κ1) is 19.4. The number of hydrogen-bond acceptors (Lipinski definition) is 7. The predicted molar refractivity (Wildman–Crippen MR) is 90.7 cm³/mol. The number of methoxy groups -OCH3 is 3. The van der Waals surface area contributed by atoms with E-state index >= 15 is 0 Å². The lowest BCUT2D eigenvalue weighted by atomic mass is 10.1. The molecule has 9 heteroatoms. The van der Waals surface area contributed by atoms with Gasteiger partial charge in [0.15, 0.2) is 17.6 Å². The van der Waals surface area contributed by atoms with E-state index in [1.54, 1.807) is 0 Å². The van der Waals surface area contributed by atoms with Gasteiger partial charge in [-0.1, -0.05) is 0 Å². The van der Waals surface area contributed by atoms with E-state index in [2.05, 4.69) is 10.6 Å². The summed E-state index contributed by atoms with van der Waals surface area (Å²) in [5.74, 6) is -0.797. The highest BCUT2D eigenvalue weighted by Gasteiger charge is 2.28. The highest BCUT2D eigenvalue weighted by Crippen LogP contribution is 2.40. The van der Waals surface area contributed by atoms with Crippen LogP contribution in [0, 0.1) is 0 Å². The standard InChI is InChI=1S/C17H22N2O7/c1-9(15(20)19-17(22)18-10-5-6-10)26-16(21)11-7-8-12(23-2)14(25-4)13(11)24-3/h7-10H,5-6H2,1-4H3,(H2,18,19,20,22). The molecule has 1 atom stereocenters. The number of rotatable bonds is 7. The predicted octanol–water partition coefficient (Wildman–Crippen LogP) is 1.25. The molecule has 0 radical (unpaired) electrons. The zero-order valence-corrected chi connectivity index (χ0v) is 15.1. The molecule has 0 bridgehead atoms. The minimum Gasteiger partial charge on any atom is -0.493 e. The van der Waals surface area contributed by atoms with Gasteiger partial charge in [0.05, 0.1) is 21.3 Å². The van der Waals surface area contributed by atoms with Crippen LogP contribution in [-0.4, -0.2) is 51.4 Å². The Labute approximate surface area is 150 Å². The van der Waals surface area contributed by atoms with Crippen LogP contribution in [0.3, 0.4) is 0 Å². The third-order valence-corrected chi connectivity index (χ3v) is 3.73. The van der Waals surface area contributed by atoms with Crippen LogP contribution >= 0.6 is 0 Å². The van der Waals surface area contributed by atoms with Crippen LogP contribution in [0.25, 0.3) is 0 Å². The minimum atomic E-state index is -1.18. The van der Waals surface area contributed by atoms with Crippen molar-refractivity contribution in [2.45, 2.75) is 31.9 Å². The Balaban J connectivity index is 2.06. The number of benzene rings is 1. The molecule has 1 aromatic rings. The van der Waals surface area contributed by atoms with E-state index in [0.717, 1.165) is 12.8 Å². The van der Waals surface area contributed by atoms with Gasteiger partial charge in [-0.2, -0.15) is 0 Å². The van der Waals surface area contributed by atoms with Gasteiger partial charge in [0.2, 0.25) is 5.75 Å². The average molecular weight is 366 g/mol. The summed E-state index contributed by atoms with van der Waals surface area (Å²) < 4.78 is 20.7. The first-order valence-corrected chi connectivity index (χ1v) is 8.02. The van der Waals surface area contributed by atoms with E-state index < -0.39 is 24.0 Å². The van der Waals surface area contributed by atoms with E-state index in [9.17, 15) is 14.4 Å². The minimum absolute atomic E-state index is 0.0623. The molecule has 1 aromatic carbocycles. The Morgan fingerprint density at radius 1 is 1.04 bits per heavy atom. The Morgan fingerprint density at radius 3 is 2.23 bits per heavy atom. The maximum Gasteiger partial charge on any atom is 0.342 e. The van der Waals surface area contributed by atoms with Gasteiger partial charge in [0.1, 0.15) is 5.56 Å². The lowest BCUT2D eigenvalue weighted by Crippen LogP contribution is -2.45. The molecule has 1 fully saturated rings. The second-order valence-electron chi connectivity index (χ2n) is 5.67. The molecule has 0 aromatic heterocycles. The zero-order valence-electron chi connectivity index (χ0n) is 15.1. The van der Waals surface area contributed by atoms with Crippen LogP contribution in [0.4, 0.5) is 4.79 Å². The van der Waals surface area contributed by atoms with Crippen molar-refractivity contribution in [3.63, 3.8) is 0 Å². The van der Waals surface area contributed by atoms with Crippen molar-refractivity contribution in [3.8, 4) is 17.2 Å². The third-order valence-electron chi connectivity index (χ3n) is 3.73. The van der Waals surface area contributed by atoms with E-state index in [1.165, 1.54) is 40.4 Å². The first-order chi connectivity index (χ1) is 12.4. The quantitative estimate of drug-likeness (QED) is 0.698. The number of carbonyl (C=O) groups is 3. The molecule has 9 nitrogen and oxygen atoms in total. The van der Waals surface area contributed by atoms with Crippen molar-refractivity contribution < 1.29 is 33.3 Å². The molecule has 1 saturated carbocycles. The molecule has 0 aliphatic heterocycles. The summed E-state index contributed by atoms with van der Waals surface area (Å²) in [6.45, 7) is 1.37. The fourth-order valence-corrected chi connectivity index (χ4v) is 2.20. The second kappa shape index (κ2) is 8.41. The number of nitrogens with one attached hydrogen (secondary N) is 2. The highest BCUT2D eigenvalue weighted by molar-refractivity contribution is 5.99. The summed E-state index contributed by atoms with van der Waals surface area (Å²) in [7, 11) is 4.23. The molecule has 0 saturated heterocycles.